The first-order valence-corrected chi connectivity index (χ1v) is 7.61. The molecule has 1 unspecified atom stereocenters. The smallest absolute Gasteiger partial charge is 0.316 e. The molecule has 20 heavy (non-hydrogen) atoms. The molecule has 3 nitrogen and oxygen atoms in total. The quantitative estimate of drug-likeness (QED) is 0.716. The highest BCUT2D eigenvalue weighted by atomic mass is 16.5. The summed E-state index contributed by atoms with van der Waals surface area (Å²) in [6.45, 7) is 9.03. The molecule has 1 aliphatic carbocycles. The fourth-order valence-electron chi connectivity index (χ4n) is 2.67. The molecule has 1 fully saturated rings. The van der Waals surface area contributed by atoms with Crippen LogP contribution < -0.4 is 0 Å². The summed E-state index contributed by atoms with van der Waals surface area (Å²) in [7, 11) is 0. The van der Waals surface area contributed by atoms with Crippen molar-refractivity contribution in [2.75, 3.05) is 19.6 Å². The van der Waals surface area contributed by atoms with Crippen LogP contribution in [-0.4, -0.2) is 36.6 Å². The summed E-state index contributed by atoms with van der Waals surface area (Å²) in [6.07, 6.45) is 1.77. The number of hydrogen-bond acceptors (Lipinski definition) is 3. The zero-order valence-electron chi connectivity index (χ0n) is 12.8. The highest BCUT2D eigenvalue weighted by molar-refractivity contribution is 5.86. The third kappa shape index (κ3) is 3.21. The van der Waals surface area contributed by atoms with Crippen molar-refractivity contribution in [2.24, 2.45) is 0 Å². The van der Waals surface area contributed by atoms with Gasteiger partial charge >= 0.3 is 5.97 Å². The topological polar surface area (TPSA) is 29.5 Å². The Bertz CT molecular complexity index is 436. The minimum absolute atomic E-state index is 0.0522. The van der Waals surface area contributed by atoms with Crippen molar-refractivity contribution in [3.8, 4) is 0 Å². The normalized spacial score (nSPS) is 17.8. The third-order valence-corrected chi connectivity index (χ3v) is 4.19. The summed E-state index contributed by atoms with van der Waals surface area (Å²) in [5.41, 5.74) is 0.735. The maximum atomic E-state index is 12.5. The number of hydrogen-bond donors (Lipinski definition) is 0. The van der Waals surface area contributed by atoms with Crippen LogP contribution >= 0.6 is 0 Å². The van der Waals surface area contributed by atoms with E-state index in [4.69, 9.17) is 4.74 Å². The Morgan fingerprint density at radius 1 is 1.25 bits per heavy atom. The average Bonchev–Trinajstić information content (AvgIpc) is 3.27. The molecule has 0 saturated heterocycles. The highest BCUT2D eigenvalue weighted by Gasteiger charge is 2.53. The molecular weight excluding hydrogens is 250 g/mol. The first-order valence-electron chi connectivity index (χ1n) is 7.61. The van der Waals surface area contributed by atoms with Crippen LogP contribution in [0.2, 0.25) is 0 Å². The molecule has 0 heterocycles. The van der Waals surface area contributed by atoms with Crippen LogP contribution in [0.3, 0.4) is 0 Å². The standard InChI is InChI=1S/C17H25NO2/c1-4-18(5-2)13-14(3)20-16(19)17(11-12-17)15-9-7-6-8-10-15/h6-10,14H,4-5,11-13H2,1-3H3. The van der Waals surface area contributed by atoms with E-state index in [0.29, 0.717) is 0 Å². The summed E-state index contributed by atoms with van der Waals surface area (Å²) in [5, 5.41) is 0. The number of rotatable bonds is 7. The van der Waals surface area contributed by atoms with Crippen molar-refractivity contribution in [2.45, 2.75) is 45.1 Å². The number of benzene rings is 1. The van der Waals surface area contributed by atoms with Gasteiger partial charge in [0.15, 0.2) is 0 Å². The van der Waals surface area contributed by atoms with Gasteiger partial charge in [-0.3, -0.25) is 4.79 Å². The molecule has 0 aromatic heterocycles. The van der Waals surface area contributed by atoms with Crippen molar-refractivity contribution in [3.05, 3.63) is 35.9 Å². The summed E-state index contributed by atoms with van der Waals surface area (Å²) >= 11 is 0. The molecule has 0 N–H and O–H groups in total. The fourth-order valence-corrected chi connectivity index (χ4v) is 2.67. The maximum absolute atomic E-state index is 12.5. The van der Waals surface area contributed by atoms with E-state index in [0.717, 1.165) is 38.0 Å². The van der Waals surface area contributed by atoms with Gasteiger partial charge in [-0.15, -0.1) is 0 Å². The van der Waals surface area contributed by atoms with Crippen molar-refractivity contribution in [3.63, 3.8) is 0 Å². The molecule has 0 spiro atoms. The molecule has 0 aliphatic heterocycles. The molecule has 110 valence electrons. The second kappa shape index (κ2) is 6.40. The predicted octanol–water partition coefficient (Wildman–Crippen LogP) is 2.99. The summed E-state index contributed by atoms with van der Waals surface area (Å²) in [5.74, 6) is -0.0524. The molecule has 1 saturated carbocycles. The van der Waals surface area contributed by atoms with E-state index in [9.17, 15) is 4.79 Å². The maximum Gasteiger partial charge on any atom is 0.316 e. The van der Waals surface area contributed by atoms with Gasteiger partial charge in [0.1, 0.15) is 6.10 Å². The summed E-state index contributed by atoms with van der Waals surface area (Å²) in [4.78, 5) is 14.7. The number of carbonyl (C=O) groups excluding carboxylic acids is 1. The minimum atomic E-state index is -0.362. The Morgan fingerprint density at radius 2 is 1.85 bits per heavy atom. The molecule has 0 amide bonds. The monoisotopic (exact) mass is 275 g/mol. The average molecular weight is 275 g/mol. The van der Waals surface area contributed by atoms with Gasteiger partial charge in [-0.2, -0.15) is 0 Å². The van der Waals surface area contributed by atoms with Crippen molar-refractivity contribution in [1.29, 1.82) is 0 Å². The third-order valence-electron chi connectivity index (χ3n) is 4.19. The van der Waals surface area contributed by atoms with Gasteiger partial charge in [0.25, 0.3) is 0 Å². The van der Waals surface area contributed by atoms with E-state index in [1.54, 1.807) is 0 Å². The molecule has 2 rings (SSSR count). The Kier molecular flexibility index (Phi) is 4.81. The molecule has 0 bridgehead atoms. The number of ether oxygens (including phenoxy) is 1. The lowest BCUT2D eigenvalue weighted by Gasteiger charge is -2.24. The van der Waals surface area contributed by atoms with E-state index >= 15 is 0 Å². The summed E-state index contributed by atoms with van der Waals surface area (Å²) in [6, 6.07) is 10.0. The molecular formula is C17H25NO2. The zero-order chi connectivity index (χ0) is 14.6. The number of nitrogens with zero attached hydrogens (tertiary/aromatic N) is 1. The van der Waals surface area contributed by atoms with Crippen LogP contribution in [0.25, 0.3) is 0 Å². The van der Waals surface area contributed by atoms with Crippen LogP contribution in [0, 0.1) is 0 Å². The zero-order valence-corrected chi connectivity index (χ0v) is 12.8. The van der Waals surface area contributed by atoms with E-state index in [1.165, 1.54) is 0 Å². The van der Waals surface area contributed by atoms with Crippen LogP contribution in [-0.2, 0) is 14.9 Å². The Balaban J connectivity index is 1.95. The summed E-state index contributed by atoms with van der Waals surface area (Å²) < 4.78 is 5.69. The second-order valence-corrected chi connectivity index (χ2v) is 5.65. The number of carbonyl (C=O) groups is 1. The van der Waals surface area contributed by atoms with E-state index in [2.05, 4.69) is 18.7 Å². The van der Waals surface area contributed by atoms with Gasteiger partial charge in [0.2, 0.25) is 0 Å². The second-order valence-electron chi connectivity index (χ2n) is 5.65. The van der Waals surface area contributed by atoms with Gasteiger partial charge < -0.3 is 9.64 Å². The van der Waals surface area contributed by atoms with E-state index in [1.807, 2.05) is 37.3 Å². The molecule has 1 aliphatic rings. The Labute approximate surface area is 121 Å². The van der Waals surface area contributed by atoms with Crippen LogP contribution in [0.4, 0.5) is 0 Å². The van der Waals surface area contributed by atoms with Crippen LogP contribution in [0.5, 0.6) is 0 Å². The van der Waals surface area contributed by atoms with Crippen molar-refractivity contribution < 1.29 is 9.53 Å². The van der Waals surface area contributed by atoms with Gasteiger partial charge in [-0.05, 0) is 38.4 Å². The van der Waals surface area contributed by atoms with Gasteiger partial charge in [-0.25, -0.2) is 0 Å². The Hall–Kier alpha value is -1.35. The lowest BCUT2D eigenvalue weighted by molar-refractivity contribution is -0.152. The molecule has 3 heteroatoms. The lowest BCUT2D eigenvalue weighted by atomic mass is 9.96. The first kappa shape index (κ1) is 15.0. The fraction of sp³-hybridized carbons (Fsp3) is 0.588. The number of likely N-dealkylation sites (N-methyl/N-ethyl adjacent to an activating group) is 1. The van der Waals surface area contributed by atoms with Crippen molar-refractivity contribution in [1.82, 2.24) is 4.90 Å². The van der Waals surface area contributed by atoms with E-state index < -0.39 is 0 Å². The minimum Gasteiger partial charge on any atom is -0.461 e. The van der Waals surface area contributed by atoms with Gasteiger partial charge in [-0.1, -0.05) is 44.2 Å². The highest BCUT2D eigenvalue weighted by Crippen LogP contribution is 2.49. The SMILES string of the molecule is CCN(CC)CC(C)OC(=O)C1(c2ccccc2)CC1. The van der Waals surface area contributed by atoms with Gasteiger partial charge in [0.05, 0.1) is 5.41 Å². The van der Waals surface area contributed by atoms with Crippen molar-refractivity contribution >= 4 is 5.97 Å². The molecule has 0 radical (unpaired) electrons. The number of esters is 1. The van der Waals surface area contributed by atoms with Gasteiger partial charge in [0, 0.05) is 6.54 Å². The van der Waals surface area contributed by atoms with E-state index in [-0.39, 0.29) is 17.5 Å². The molecule has 1 aromatic carbocycles. The van der Waals surface area contributed by atoms with Crippen LogP contribution in [0.1, 0.15) is 39.2 Å². The first-order chi connectivity index (χ1) is 9.62. The lowest BCUT2D eigenvalue weighted by Crippen LogP contribution is -2.35. The van der Waals surface area contributed by atoms with Crippen LogP contribution in [0.15, 0.2) is 30.3 Å². The molecule has 1 aromatic rings. The predicted molar refractivity (Wildman–Crippen MR) is 80.7 cm³/mol. The Morgan fingerprint density at radius 3 is 2.35 bits per heavy atom. The molecule has 1 atom stereocenters. The largest absolute Gasteiger partial charge is 0.461 e.